The van der Waals surface area contributed by atoms with Gasteiger partial charge in [-0.15, -0.1) is 0 Å². The van der Waals surface area contributed by atoms with Crippen LogP contribution >= 0.6 is 23.4 Å². The van der Waals surface area contributed by atoms with Gasteiger partial charge in [-0.3, -0.25) is 4.79 Å². The molecule has 0 aliphatic carbocycles. The Morgan fingerprint density at radius 3 is 2.95 bits per heavy atom. The van der Waals surface area contributed by atoms with Crippen LogP contribution < -0.4 is 0 Å². The summed E-state index contributed by atoms with van der Waals surface area (Å²) in [5, 5.41) is 1.23. The lowest BCUT2D eigenvalue weighted by molar-refractivity contribution is -0.140. The minimum absolute atomic E-state index is 0.0789. The Bertz CT molecular complexity index is 683. The van der Waals surface area contributed by atoms with Crippen molar-refractivity contribution in [2.24, 2.45) is 0 Å². The van der Waals surface area contributed by atoms with Gasteiger partial charge in [-0.1, -0.05) is 23.4 Å². The molecule has 1 N–H and O–H groups in total. The van der Waals surface area contributed by atoms with E-state index in [1.165, 1.54) is 11.8 Å². The third-order valence-electron chi connectivity index (χ3n) is 3.39. The molecule has 0 saturated carbocycles. The van der Waals surface area contributed by atoms with Crippen LogP contribution in [0.4, 0.5) is 0 Å². The number of imidazole rings is 1. The van der Waals surface area contributed by atoms with Gasteiger partial charge in [0, 0.05) is 19.3 Å². The van der Waals surface area contributed by atoms with Crippen molar-refractivity contribution in [2.45, 2.75) is 31.2 Å². The van der Waals surface area contributed by atoms with Crippen molar-refractivity contribution >= 4 is 40.4 Å². The Morgan fingerprint density at radius 2 is 2.23 bits per heavy atom. The second-order valence-corrected chi connectivity index (χ2v) is 6.81. The predicted octanol–water partition coefficient (Wildman–Crippen LogP) is 2.34. The fourth-order valence-corrected chi connectivity index (χ4v) is 3.46. The van der Waals surface area contributed by atoms with Crippen LogP contribution in [-0.4, -0.2) is 56.8 Å². The van der Waals surface area contributed by atoms with E-state index in [1.54, 1.807) is 12.3 Å². The van der Waals surface area contributed by atoms with E-state index in [1.807, 2.05) is 18.7 Å². The van der Waals surface area contributed by atoms with E-state index in [-0.39, 0.29) is 18.1 Å². The molecule has 3 heterocycles. The fraction of sp³-hybridized carbons (Fsp3) is 0.500. The van der Waals surface area contributed by atoms with Gasteiger partial charge in [0.25, 0.3) is 0 Å². The molecule has 118 valence electrons. The highest BCUT2D eigenvalue weighted by Gasteiger charge is 2.25. The average Bonchev–Trinajstić information content (AvgIpc) is 2.85. The summed E-state index contributed by atoms with van der Waals surface area (Å²) in [6.07, 6.45) is 1.71. The second-order valence-electron chi connectivity index (χ2n) is 5.41. The number of amides is 1. The molecule has 0 bridgehead atoms. The van der Waals surface area contributed by atoms with Crippen LogP contribution in [0.2, 0.25) is 5.02 Å². The topological polar surface area (TPSA) is 71.1 Å². The van der Waals surface area contributed by atoms with E-state index in [0.29, 0.717) is 34.7 Å². The number of morpholine rings is 1. The Labute approximate surface area is 137 Å². The standard InChI is InChI=1S/C14H17ClN4O2S/c1-8-5-19(6-9(2)21-8)12(20)7-22-14-17-11-3-10(15)4-16-13(11)18-14/h3-4,8-9H,5-7H2,1-2H3,(H,16,17,18)/t8-,9-/m0/s1. The first-order valence-corrected chi connectivity index (χ1v) is 8.45. The first-order valence-electron chi connectivity index (χ1n) is 7.08. The maximum absolute atomic E-state index is 12.3. The molecule has 0 spiro atoms. The average molecular weight is 341 g/mol. The number of halogens is 1. The van der Waals surface area contributed by atoms with E-state index >= 15 is 0 Å². The van der Waals surface area contributed by atoms with Crippen molar-refractivity contribution < 1.29 is 9.53 Å². The number of ether oxygens (including phenoxy) is 1. The predicted molar refractivity (Wildman–Crippen MR) is 86.2 cm³/mol. The van der Waals surface area contributed by atoms with E-state index in [2.05, 4.69) is 15.0 Å². The lowest BCUT2D eigenvalue weighted by Gasteiger charge is -2.35. The number of aromatic nitrogens is 3. The Hall–Kier alpha value is -1.31. The smallest absolute Gasteiger partial charge is 0.233 e. The highest BCUT2D eigenvalue weighted by Crippen LogP contribution is 2.21. The number of fused-ring (bicyclic) bond motifs is 1. The summed E-state index contributed by atoms with van der Waals surface area (Å²) in [6, 6.07) is 1.77. The molecule has 0 radical (unpaired) electrons. The maximum atomic E-state index is 12.3. The summed E-state index contributed by atoms with van der Waals surface area (Å²) in [5.74, 6) is 0.436. The van der Waals surface area contributed by atoms with Crippen molar-refractivity contribution in [3.8, 4) is 0 Å². The van der Waals surface area contributed by atoms with E-state index in [9.17, 15) is 4.79 Å². The zero-order chi connectivity index (χ0) is 15.7. The lowest BCUT2D eigenvalue weighted by atomic mass is 10.2. The molecule has 8 heteroatoms. The van der Waals surface area contributed by atoms with Gasteiger partial charge in [0.2, 0.25) is 5.91 Å². The van der Waals surface area contributed by atoms with Crippen molar-refractivity contribution in [1.82, 2.24) is 19.9 Å². The van der Waals surface area contributed by atoms with Crippen LogP contribution in [0.1, 0.15) is 13.8 Å². The number of carbonyl (C=O) groups is 1. The molecule has 1 saturated heterocycles. The van der Waals surface area contributed by atoms with Gasteiger partial charge in [-0.2, -0.15) is 0 Å². The highest BCUT2D eigenvalue weighted by atomic mass is 35.5. The monoisotopic (exact) mass is 340 g/mol. The van der Waals surface area contributed by atoms with Gasteiger partial charge < -0.3 is 14.6 Å². The molecular formula is C14H17ClN4O2S. The third-order valence-corrected chi connectivity index (χ3v) is 4.45. The number of carbonyl (C=O) groups excluding carboxylic acids is 1. The molecule has 2 aromatic heterocycles. The number of aromatic amines is 1. The summed E-state index contributed by atoms with van der Waals surface area (Å²) in [7, 11) is 0. The van der Waals surface area contributed by atoms with Gasteiger partial charge in [0.15, 0.2) is 10.8 Å². The number of nitrogens with zero attached hydrogens (tertiary/aromatic N) is 3. The third kappa shape index (κ3) is 3.53. The first-order chi connectivity index (χ1) is 10.5. The number of hydrogen-bond acceptors (Lipinski definition) is 5. The van der Waals surface area contributed by atoms with Gasteiger partial charge in [-0.05, 0) is 19.9 Å². The fourth-order valence-electron chi connectivity index (χ4n) is 2.52. The lowest BCUT2D eigenvalue weighted by Crippen LogP contribution is -2.48. The van der Waals surface area contributed by atoms with Crippen molar-refractivity contribution in [3.05, 3.63) is 17.3 Å². The second kappa shape index (κ2) is 6.44. The van der Waals surface area contributed by atoms with Crippen LogP contribution in [0, 0.1) is 0 Å². The Morgan fingerprint density at radius 1 is 1.50 bits per heavy atom. The molecule has 2 aromatic rings. The number of hydrogen-bond donors (Lipinski definition) is 1. The molecule has 1 amide bonds. The minimum Gasteiger partial charge on any atom is -0.372 e. The molecule has 6 nitrogen and oxygen atoms in total. The first kappa shape index (κ1) is 15.6. The molecule has 1 fully saturated rings. The van der Waals surface area contributed by atoms with Gasteiger partial charge in [0.1, 0.15) is 0 Å². The molecular weight excluding hydrogens is 324 g/mol. The van der Waals surface area contributed by atoms with Crippen molar-refractivity contribution in [1.29, 1.82) is 0 Å². The van der Waals surface area contributed by atoms with Crippen molar-refractivity contribution in [3.63, 3.8) is 0 Å². The van der Waals surface area contributed by atoms with Crippen LogP contribution in [0.3, 0.4) is 0 Å². The highest BCUT2D eigenvalue weighted by molar-refractivity contribution is 7.99. The number of thioether (sulfide) groups is 1. The molecule has 3 rings (SSSR count). The zero-order valence-electron chi connectivity index (χ0n) is 12.4. The maximum Gasteiger partial charge on any atom is 0.233 e. The largest absolute Gasteiger partial charge is 0.372 e. The number of H-pyrrole nitrogens is 1. The Kier molecular flexibility index (Phi) is 4.56. The van der Waals surface area contributed by atoms with Crippen LogP contribution in [0.5, 0.6) is 0 Å². The molecule has 0 unspecified atom stereocenters. The van der Waals surface area contributed by atoms with Crippen molar-refractivity contribution in [2.75, 3.05) is 18.8 Å². The van der Waals surface area contributed by atoms with E-state index in [0.717, 1.165) is 5.52 Å². The summed E-state index contributed by atoms with van der Waals surface area (Å²) < 4.78 is 5.64. The summed E-state index contributed by atoms with van der Waals surface area (Å²) in [6.45, 7) is 5.25. The van der Waals surface area contributed by atoms with E-state index in [4.69, 9.17) is 16.3 Å². The number of nitrogens with one attached hydrogen (secondary N) is 1. The normalized spacial score (nSPS) is 22.2. The summed E-state index contributed by atoms with van der Waals surface area (Å²) >= 11 is 7.27. The molecule has 2 atom stereocenters. The summed E-state index contributed by atoms with van der Waals surface area (Å²) in [4.78, 5) is 25.8. The number of rotatable bonds is 3. The SMILES string of the molecule is C[C@H]1CN(C(=O)CSc2nc3ncc(Cl)cc3[nH]2)C[C@H](C)O1. The Balaban J connectivity index is 1.62. The number of pyridine rings is 1. The van der Waals surface area contributed by atoms with E-state index < -0.39 is 0 Å². The molecule has 1 aliphatic rings. The summed E-state index contributed by atoms with van der Waals surface area (Å²) in [5.41, 5.74) is 1.38. The molecule has 1 aliphatic heterocycles. The van der Waals surface area contributed by atoms with Crippen LogP contribution in [0.25, 0.3) is 11.2 Å². The van der Waals surface area contributed by atoms with Crippen LogP contribution in [0.15, 0.2) is 17.4 Å². The quantitative estimate of drug-likeness (QED) is 0.868. The molecule has 22 heavy (non-hydrogen) atoms. The van der Waals surface area contributed by atoms with Crippen LogP contribution in [-0.2, 0) is 9.53 Å². The van der Waals surface area contributed by atoms with Gasteiger partial charge in [0.05, 0.1) is 28.5 Å². The van der Waals surface area contributed by atoms with Gasteiger partial charge >= 0.3 is 0 Å². The molecule has 0 aromatic carbocycles. The minimum atomic E-state index is 0.0789. The zero-order valence-corrected chi connectivity index (χ0v) is 13.9. The van der Waals surface area contributed by atoms with Gasteiger partial charge in [-0.25, -0.2) is 9.97 Å².